The number of hydrogen-bond donors (Lipinski definition) is 1. The van der Waals surface area contributed by atoms with E-state index < -0.39 is 0 Å². The van der Waals surface area contributed by atoms with Crippen LogP contribution in [0.4, 0.5) is 0 Å². The second-order valence-electron chi connectivity index (χ2n) is 7.77. The second-order valence-corrected chi connectivity index (χ2v) is 9.47. The zero-order valence-electron chi connectivity index (χ0n) is 16.9. The maximum absolute atomic E-state index is 12.4. The smallest absolute Gasteiger partial charge is 0.277 e. The maximum atomic E-state index is 12.4. The van der Waals surface area contributed by atoms with Gasteiger partial charge in [0.25, 0.3) is 5.22 Å². The van der Waals surface area contributed by atoms with E-state index in [4.69, 9.17) is 16.0 Å². The van der Waals surface area contributed by atoms with E-state index in [0.29, 0.717) is 22.7 Å². The van der Waals surface area contributed by atoms with E-state index in [9.17, 15) is 4.79 Å². The van der Waals surface area contributed by atoms with Gasteiger partial charge >= 0.3 is 0 Å². The van der Waals surface area contributed by atoms with Crippen molar-refractivity contribution in [2.75, 3.05) is 0 Å². The van der Waals surface area contributed by atoms with Gasteiger partial charge in [-0.05, 0) is 41.7 Å². The van der Waals surface area contributed by atoms with Crippen molar-refractivity contribution >= 4 is 29.3 Å². The molecular weight excluding hydrogens is 406 g/mol. The summed E-state index contributed by atoms with van der Waals surface area (Å²) in [4.78, 5) is 12.4. The lowest BCUT2D eigenvalue weighted by Gasteiger charge is -2.18. The van der Waals surface area contributed by atoms with Crippen LogP contribution in [-0.4, -0.2) is 21.4 Å². The van der Waals surface area contributed by atoms with Gasteiger partial charge in [-0.15, -0.1) is 10.2 Å². The highest BCUT2D eigenvalue weighted by Crippen LogP contribution is 2.28. The summed E-state index contributed by atoms with van der Waals surface area (Å²) in [5.41, 5.74) is 3.05. The van der Waals surface area contributed by atoms with Gasteiger partial charge in [-0.25, -0.2) is 0 Å². The molecule has 0 fully saturated rings. The van der Waals surface area contributed by atoms with Gasteiger partial charge < -0.3 is 9.73 Å². The average molecular weight is 430 g/mol. The zero-order valence-corrected chi connectivity index (χ0v) is 18.5. The molecule has 7 heteroatoms. The molecule has 152 valence electrons. The first-order chi connectivity index (χ1) is 13.7. The fraction of sp³-hybridized carbons (Fsp3) is 0.318. The van der Waals surface area contributed by atoms with E-state index in [1.165, 1.54) is 17.3 Å². The molecule has 3 rings (SSSR count). The van der Waals surface area contributed by atoms with Gasteiger partial charge in [0, 0.05) is 17.1 Å². The normalized spacial score (nSPS) is 12.6. The third kappa shape index (κ3) is 5.61. The summed E-state index contributed by atoms with van der Waals surface area (Å²) in [6.45, 7) is 8.68. The summed E-state index contributed by atoms with van der Waals surface area (Å²) < 4.78 is 5.74. The summed E-state index contributed by atoms with van der Waals surface area (Å²) >= 11 is 7.35. The van der Waals surface area contributed by atoms with E-state index in [1.807, 2.05) is 30.3 Å². The standard InChI is InChI=1S/C22H24ClN3O2S/c1-14(19(27)24-13-16-7-5-6-8-18(16)23)29-21-26-25-20(28-21)15-9-11-17(12-10-15)22(2,3)4/h5-12,14H,13H2,1-4H3,(H,24,27)/t14-/m0/s1. The van der Waals surface area contributed by atoms with Crippen LogP contribution in [0.3, 0.4) is 0 Å². The summed E-state index contributed by atoms with van der Waals surface area (Å²) in [5, 5.41) is 11.7. The Balaban J connectivity index is 1.59. The first kappa shape index (κ1) is 21.4. The van der Waals surface area contributed by atoms with Gasteiger partial charge in [0.15, 0.2) is 0 Å². The van der Waals surface area contributed by atoms with Crippen molar-refractivity contribution in [1.29, 1.82) is 0 Å². The molecule has 1 N–H and O–H groups in total. The van der Waals surface area contributed by atoms with E-state index in [2.05, 4.69) is 48.4 Å². The summed E-state index contributed by atoms with van der Waals surface area (Å²) in [7, 11) is 0. The van der Waals surface area contributed by atoms with Gasteiger partial charge in [0.1, 0.15) is 0 Å². The Labute approximate surface area is 180 Å². The molecule has 0 aliphatic carbocycles. The predicted octanol–water partition coefficient (Wildman–Crippen LogP) is 5.48. The molecule has 0 aliphatic rings. The van der Waals surface area contributed by atoms with Crippen molar-refractivity contribution in [3.8, 4) is 11.5 Å². The lowest BCUT2D eigenvalue weighted by Crippen LogP contribution is -2.30. The molecule has 0 radical (unpaired) electrons. The van der Waals surface area contributed by atoms with Crippen molar-refractivity contribution < 1.29 is 9.21 Å². The molecule has 5 nitrogen and oxygen atoms in total. The molecule has 0 saturated carbocycles. The van der Waals surface area contributed by atoms with Crippen molar-refractivity contribution in [1.82, 2.24) is 15.5 Å². The number of thioether (sulfide) groups is 1. The van der Waals surface area contributed by atoms with Crippen molar-refractivity contribution in [3.63, 3.8) is 0 Å². The molecule has 1 amide bonds. The maximum Gasteiger partial charge on any atom is 0.277 e. The molecule has 3 aromatic rings. The van der Waals surface area contributed by atoms with E-state index in [-0.39, 0.29) is 16.6 Å². The second kappa shape index (κ2) is 9.01. The van der Waals surface area contributed by atoms with Crippen LogP contribution in [0, 0.1) is 0 Å². The molecule has 0 unspecified atom stereocenters. The highest BCUT2D eigenvalue weighted by atomic mass is 35.5. The Bertz CT molecular complexity index is 980. The number of rotatable bonds is 6. The Kier molecular flexibility index (Phi) is 6.65. The summed E-state index contributed by atoms with van der Waals surface area (Å²) in [5.74, 6) is 0.320. The zero-order chi connectivity index (χ0) is 21.0. The largest absolute Gasteiger partial charge is 0.411 e. The van der Waals surface area contributed by atoms with Gasteiger partial charge in [-0.1, -0.05) is 74.5 Å². The molecule has 0 aliphatic heterocycles. The van der Waals surface area contributed by atoms with Crippen LogP contribution in [0.2, 0.25) is 5.02 Å². The van der Waals surface area contributed by atoms with Gasteiger partial charge in [-0.2, -0.15) is 0 Å². The quantitative estimate of drug-likeness (QED) is 0.525. The third-order valence-corrected chi connectivity index (χ3v) is 5.77. The number of benzene rings is 2. The highest BCUT2D eigenvalue weighted by Gasteiger charge is 2.19. The number of nitrogens with one attached hydrogen (secondary N) is 1. The predicted molar refractivity (Wildman–Crippen MR) is 117 cm³/mol. The fourth-order valence-corrected chi connectivity index (χ4v) is 3.57. The van der Waals surface area contributed by atoms with Gasteiger partial charge in [0.2, 0.25) is 11.8 Å². The Hall–Kier alpha value is -2.31. The SMILES string of the molecule is C[C@H](Sc1nnc(-c2ccc(C(C)(C)C)cc2)o1)C(=O)NCc1ccccc1Cl. The third-order valence-electron chi connectivity index (χ3n) is 4.46. The highest BCUT2D eigenvalue weighted by molar-refractivity contribution is 8.00. The van der Waals surface area contributed by atoms with Crippen LogP contribution in [0.15, 0.2) is 58.2 Å². The van der Waals surface area contributed by atoms with Crippen molar-refractivity contribution in [3.05, 3.63) is 64.7 Å². The van der Waals surface area contributed by atoms with Crippen LogP contribution in [0.1, 0.15) is 38.8 Å². The van der Waals surface area contributed by atoms with Crippen LogP contribution in [0.25, 0.3) is 11.5 Å². The number of aromatic nitrogens is 2. The number of hydrogen-bond acceptors (Lipinski definition) is 5. The molecule has 1 atom stereocenters. The summed E-state index contributed by atoms with van der Waals surface area (Å²) in [6.07, 6.45) is 0. The lowest BCUT2D eigenvalue weighted by atomic mass is 9.87. The molecule has 0 saturated heterocycles. The minimum Gasteiger partial charge on any atom is -0.411 e. The molecule has 29 heavy (non-hydrogen) atoms. The Morgan fingerprint density at radius 3 is 2.48 bits per heavy atom. The molecule has 2 aromatic carbocycles. The van der Waals surface area contributed by atoms with Gasteiger partial charge in [0.05, 0.1) is 5.25 Å². The number of halogens is 1. The number of nitrogens with zero attached hydrogens (tertiary/aromatic N) is 2. The van der Waals surface area contributed by atoms with E-state index >= 15 is 0 Å². The molecule has 1 heterocycles. The Morgan fingerprint density at radius 1 is 1.14 bits per heavy atom. The van der Waals surface area contributed by atoms with E-state index in [1.54, 1.807) is 13.0 Å². The number of carbonyl (C=O) groups is 1. The fourth-order valence-electron chi connectivity index (χ4n) is 2.66. The van der Waals surface area contributed by atoms with Crippen LogP contribution >= 0.6 is 23.4 Å². The first-order valence-corrected chi connectivity index (χ1v) is 10.6. The van der Waals surface area contributed by atoms with Crippen molar-refractivity contribution in [2.45, 2.75) is 50.1 Å². The minimum atomic E-state index is -0.381. The lowest BCUT2D eigenvalue weighted by molar-refractivity contribution is -0.120. The van der Waals surface area contributed by atoms with Crippen LogP contribution in [-0.2, 0) is 16.8 Å². The summed E-state index contributed by atoms with van der Waals surface area (Å²) in [6, 6.07) is 15.5. The first-order valence-electron chi connectivity index (χ1n) is 9.36. The topological polar surface area (TPSA) is 68.0 Å². The molecular formula is C22H24ClN3O2S. The number of amides is 1. The monoisotopic (exact) mass is 429 g/mol. The van der Waals surface area contributed by atoms with Crippen molar-refractivity contribution in [2.24, 2.45) is 0 Å². The van der Waals surface area contributed by atoms with Gasteiger partial charge in [-0.3, -0.25) is 4.79 Å². The van der Waals surface area contributed by atoms with Crippen LogP contribution < -0.4 is 5.32 Å². The molecule has 0 bridgehead atoms. The molecule has 0 spiro atoms. The van der Waals surface area contributed by atoms with E-state index in [0.717, 1.165) is 11.1 Å². The number of carbonyl (C=O) groups excluding carboxylic acids is 1. The minimum absolute atomic E-state index is 0.0845. The Morgan fingerprint density at radius 2 is 1.83 bits per heavy atom. The molecule has 1 aromatic heterocycles. The average Bonchev–Trinajstić information content (AvgIpc) is 3.15. The van der Waals surface area contributed by atoms with Crippen LogP contribution in [0.5, 0.6) is 0 Å².